The second kappa shape index (κ2) is 5.11. The number of sulfonamides is 1. The topological polar surface area (TPSA) is 75.6 Å². The van der Waals surface area contributed by atoms with Crippen LogP contribution in [0.25, 0.3) is 0 Å². The first-order chi connectivity index (χ1) is 8.49. The molecule has 1 aromatic rings. The molecule has 0 aromatic heterocycles. The van der Waals surface area contributed by atoms with Gasteiger partial charge < -0.3 is 9.84 Å². The summed E-state index contributed by atoms with van der Waals surface area (Å²) in [6.45, 7) is 0.824. The smallest absolute Gasteiger partial charge is 0.235 e. The second-order valence-corrected chi connectivity index (χ2v) is 6.09. The lowest BCUT2D eigenvalue weighted by Gasteiger charge is -2.22. The maximum atomic E-state index is 13.1. The highest BCUT2D eigenvalue weighted by atomic mass is 32.2. The van der Waals surface area contributed by atoms with E-state index < -0.39 is 26.8 Å². The summed E-state index contributed by atoms with van der Waals surface area (Å²) >= 11 is 0. The molecule has 0 bridgehead atoms. The molecular formula is C11H14FNO4S. The van der Waals surface area contributed by atoms with E-state index >= 15 is 0 Å². The molecule has 0 atom stereocenters. The summed E-state index contributed by atoms with van der Waals surface area (Å²) in [5.41, 5.74) is 0.108. The zero-order valence-electron chi connectivity index (χ0n) is 9.60. The van der Waals surface area contributed by atoms with Crippen molar-refractivity contribution >= 4 is 15.7 Å². The molecule has 0 saturated carbocycles. The minimum atomic E-state index is -3.54. The molecule has 0 amide bonds. The number of rotatable bonds is 3. The van der Waals surface area contributed by atoms with Crippen molar-refractivity contribution in [1.82, 2.24) is 0 Å². The van der Waals surface area contributed by atoms with Crippen molar-refractivity contribution in [3.63, 3.8) is 0 Å². The molecule has 1 aliphatic rings. The van der Waals surface area contributed by atoms with Crippen LogP contribution >= 0.6 is 0 Å². The van der Waals surface area contributed by atoms with Crippen LogP contribution in [-0.2, 0) is 14.8 Å². The Labute approximate surface area is 105 Å². The third-order valence-electron chi connectivity index (χ3n) is 2.81. The molecule has 0 radical (unpaired) electrons. The molecule has 1 saturated heterocycles. The Morgan fingerprint density at radius 2 is 2.00 bits per heavy atom. The lowest BCUT2D eigenvalue weighted by atomic mass is 10.2. The minimum Gasteiger partial charge on any atom is -0.505 e. The van der Waals surface area contributed by atoms with E-state index in [2.05, 4.69) is 4.72 Å². The van der Waals surface area contributed by atoms with Gasteiger partial charge in [0.2, 0.25) is 10.0 Å². The predicted octanol–water partition coefficient (Wildman–Crippen LogP) is 1.45. The quantitative estimate of drug-likeness (QED) is 0.819. The summed E-state index contributed by atoms with van der Waals surface area (Å²) in [5.74, 6) is -1.37. The molecule has 0 unspecified atom stereocenters. The monoisotopic (exact) mass is 275 g/mol. The van der Waals surface area contributed by atoms with Crippen LogP contribution < -0.4 is 4.72 Å². The van der Waals surface area contributed by atoms with Gasteiger partial charge in [0, 0.05) is 19.3 Å². The summed E-state index contributed by atoms with van der Waals surface area (Å²) in [7, 11) is -3.54. The molecule has 0 aliphatic carbocycles. The molecule has 2 rings (SSSR count). The average molecular weight is 275 g/mol. The third-order valence-corrected chi connectivity index (χ3v) is 4.68. The number of ether oxygens (including phenoxy) is 1. The number of aromatic hydroxyl groups is 1. The summed E-state index contributed by atoms with van der Waals surface area (Å²) in [4.78, 5) is 0. The molecule has 5 nitrogen and oxygen atoms in total. The van der Waals surface area contributed by atoms with Crippen molar-refractivity contribution in [2.75, 3.05) is 17.9 Å². The van der Waals surface area contributed by atoms with Crippen LogP contribution in [0.5, 0.6) is 5.75 Å². The van der Waals surface area contributed by atoms with E-state index in [0.717, 1.165) is 12.1 Å². The first-order valence-corrected chi connectivity index (χ1v) is 7.11. The molecule has 1 fully saturated rings. The van der Waals surface area contributed by atoms with Gasteiger partial charge in [-0.15, -0.1) is 0 Å². The minimum absolute atomic E-state index is 0.108. The maximum Gasteiger partial charge on any atom is 0.235 e. The first-order valence-electron chi connectivity index (χ1n) is 5.57. The number of hydrogen-bond donors (Lipinski definition) is 2. The van der Waals surface area contributed by atoms with E-state index in [4.69, 9.17) is 9.84 Å². The molecule has 1 aliphatic heterocycles. The van der Waals surface area contributed by atoms with Crippen LogP contribution in [0.15, 0.2) is 18.2 Å². The van der Waals surface area contributed by atoms with Gasteiger partial charge >= 0.3 is 0 Å². The molecule has 1 heterocycles. The SMILES string of the molecule is O=S(=O)(Nc1ccc(O)c(F)c1)C1CCOCC1. The Balaban J connectivity index is 2.13. The fraction of sp³-hybridized carbons (Fsp3) is 0.455. The third kappa shape index (κ3) is 2.91. The molecule has 2 N–H and O–H groups in total. The van der Waals surface area contributed by atoms with E-state index in [1.807, 2.05) is 0 Å². The zero-order valence-corrected chi connectivity index (χ0v) is 10.4. The van der Waals surface area contributed by atoms with Gasteiger partial charge in [-0.25, -0.2) is 12.8 Å². The largest absolute Gasteiger partial charge is 0.505 e. The van der Waals surface area contributed by atoms with Gasteiger partial charge in [-0.05, 0) is 25.0 Å². The zero-order chi connectivity index (χ0) is 13.2. The molecule has 7 heteroatoms. The van der Waals surface area contributed by atoms with Crippen LogP contribution in [0, 0.1) is 5.82 Å². The number of phenols is 1. The van der Waals surface area contributed by atoms with Gasteiger partial charge in [0.1, 0.15) is 0 Å². The number of benzene rings is 1. The predicted molar refractivity (Wildman–Crippen MR) is 64.4 cm³/mol. The van der Waals surface area contributed by atoms with Gasteiger partial charge in [0.05, 0.1) is 10.9 Å². The van der Waals surface area contributed by atoms with Crippen molar-refractivity contribution < 1.29 is 22.7 Å². The van der Waals surface area contributed by atoms with E-state index in [1.165, 1.54) is 6.07 Å². The van der Waals surface area contributed by atoms with Gasteiger partial charge in [-0.1, -0.05) is 0 Å². The first kappa shape index (κ1) is 13.1. The van der Waals surface area contributed by atoms with E-state index in [-0.39, 0.29) is 5.69 Å². The van der Waals surface area contributed by atoms with Crippen LogP contribution in [0.2, 0.25) is 0 Å². The highest BCUT2D eigenvalue weighted by molar-refractivity contribution is 7.93. The number of nitrogens with one attached hydrogen (secondary N) is 1. The van der Waals surface area contributed by atoms with Crippen molar-refractivity contribution in [3.05, 3.63) is 24.0 Å². The van der Waals surface area contributed by atoms with Gasteiger partial charge in [-0.2, -0.15) is 0 Å². The van der Waals surface area contributed by atoms with Crippen LogP contribution in [0.4, 0.5) is 10.1 Å². The van der Waals surface area contributed by atoms with Crippen molar-refractivity contribution in [2.24, 2.45) is 0 Å². The van der Waals surface area contributed by atoms with Crippen molar-refractivity contribution in [2.45, 2.75) is 18.1 Å². The Kier molecular flexibility index (Phi) is 3.72. The number of anilines is 1. The summed E-state index contributed by atoms with van der Waals surface area (Å²) in [6, 6.07) is 3.37. The van der Waals surface area contributed by atoms with Crippen LogP contribution in [-0.4, -0.2) is 32.0 Å². The lowest BCUT2D eigenvalue weighted by molar-refractivity contribution is 0.0984. The lowest BCUT2D eigenvalue weighted by Crippen LogP contribution is -2.33. The summed E-state index contributed by atoms with van der Waals surface area (Å²) in [5, 5.41) is 8.50. The molecule has 18 heavy (non-hydrogen) atoms. The molecule has 1 aromatic carbocycles. The second-order valence-electron chi connectivity index (χ2n) is 4.12. The fourth-order valence-corrected chi connectivity index (χ4v) is 3.24. The fourth-order valence-electron chi connectivity index (χ4n) is 1.80. The highest BCUT2D eigenvalue weighted by Gasteiger charge is 2.27. The summed E-state index contributed by atoms with van der Waals surface area (Å²) in [6.07, 6.45) is 0.853. The van der Waals surface area contributed by atoms with E-state index in [1.54, 1.807) is 0 Å². The molecule has 100 valence electrons. The summed E-state index contributed by atoms with van der Waals surface area (Å²) < 4.78 is 44.5. The Morgan fingerprint density at radius 1 is 1.33 bits per heavy atom. The normalized spacial score (nSPS) is 17.6. The number of phenolic OH excluding ortho intramolecular Hbond substituents is 1. The number of halogens is 1. The van der Waals surface area contributed by atoms with E-state index in [9.17, 15) is 12.8 Å². The Hall–Kier alpha value is -1.34. The van der Waals surface area contributed by atoms with Crippen molar-refractivity contribution in [1.29, 1.82) is 0 Å². The molecular weight excluding hydrogens is 261 g/mol. The maximum absolute atomic E-state index is 13.1. The Morgan fingerprint density at radius 3 is 2.61 bits per heavy atom. The Bertz CT molecular complexity index is 526. The average Bonchev–Trinajstić information content (AvgIpc) is 2.35. The van der Waals surface area contributed by atoms with Crippen LogP contribution in [0.3, 0.4) is 0 Å². The molecule has 0 spiro atoms. The number of hydrogen-bond acceptors (Lipinski definition) is 4. The van der Waals surface area contributed by atoms with Crippen LogP contribution in [0.1, 0.15) is 12.8 Å². The van der Waals surface area contributed by atoms with Gasteiger partial charge in [0.25, 0.3) is 0 Å². The van der Waals surface area contributed by atoms with Gasteiger partial charge in [-0.3, -0.25) is 4.72 Å². The standard InChI is InChI=1S/C11H14FNO4S/c12-10-7-8(1-2-11(10)14)13-18(15,16)9-3-5-17-6-4-9/h1-2,7,9,13-14H,3-6H2. The van der Waals surface area contributed by atoms with E-state index in [0.29, 0.717) is 26.1 Å². The van der Waals surface area contributed by atoms with Gasteiger partial charge in [0.15, 0.2) is 11.6 Å². The van der Waals surface area contributed by atoms with Crippen molar-refractivity contribution in [3.8, 4) is 5.75 Å². The highest BCUT2D eigenvalue weighted by Crippen LogP contribution is 2.23.